The molecule has 2 heterocycles. The number of benzene rings is 1. The number of para-hydroxylation sites is 1. The highest BCUT2D eigenvalue weighted by atomic mass is 16.1. The Morgan fingerprint density at radius 3 is 2.94 bits per heavy atom. The van der Waals surface area contributed by atoms with Crippen molar-refractivity contribution in [3.63, 3.8) is 0 Å². The van der Waals surface area contributed by atoms with Gasteiger partial charge in [0, 0.05) is 11.8 Å². The minimum absolute atomic E-state index is 0.0535. The van der Waals surface area contributed by atoms with Gasteiger partial charge in [0.25, 0.3) is 0 Å². The number of hydrogen-bond acceptors (Lipinski definition) is 3. The zero-order chi connectivity index (χ0) is 12.5. The second kappa shape index (κ2) is 4.22. The number of fused-ring (bicyclic) bond motifs is 3. The van der Waals surface area contributed by atoms with Gasteiger partial charge in [-0.3, -0.25) is 9.78 Å². The summed E-state index contributed by atoms with van der Waals surface area (Å²) in [6.45, 7) is 1.98. The third-order valence-electron chi connectivity index (χ3n) is 2.97. The van der Waals surface area contributed by atoms with Crippen molar-refractivity contribution in [1.29, 1.82) is 0 Å². The van der Waals surface area contributed by atoms with Crippen LogP contribution in [0.5, 0.6) is 0 Å². The van der Waals surface area contributed by atoms with E-state index in [0.717, 1.165) is 28.4 Å². The number of hydrogen-bond donors (Lipinski definition) is 1. The van der Waals surface area contributed by atoms with E-state index in [2.05, 4.69) is 15.0 Å². The zero-order valence-electron chi connectivity index (χ0n) is 10.1. The Bertz CT molecular complexity index is 730. The van der Waals surface area contributed by atoms with Crippen LogP contribution in [-0.4, -0.2) is 20.7 Å². The van der Waals surface area contributed by atoms with Crippen LogP contribution >= 0.6 is 0 Å². The minimum Gasteiger partial charge on any atom is -0.335 e. The maximum atomic E-state index is 11.8. The molecule has 0 fully saturated rings. The van der Waals surface area contributed by atoms with Crippen LogP contribution in [0.3, 0.4) is 0 Å². The molecule has 0 saturated carbocycles. The molecule has 18 heavy (non-hydrogen) atoms. The summed E-state index contributed by atoms with van der Waals surface area (Å²) in [5.41, 5.74) is 2.54. The Labute approximate surface area is 104 Å². The topological polar surface area (TPSA) is 58.6 Å². The van der Waals surface area contributed by atoms with E-state index in [1.54, 1.807) is 6.20 Å². The number of carbonyl (C=O) groups is 1. The lowest BCUT2D eigenvalue weighted by atomic mass is 10.2. The number of nitrogens with one attached hydrogen (secondary N) is 1. The number of Topliss-reactive ketones (excluding diaryl/α,β-unsaturated/α-hetero) is 1. The first-order chi connectivity index (χ1) is 8.79. The van der Waals surface area contributed by atoms with Crippen LogP contribution in [0.1, 0.15) is 30.4 Å². The van der Waals surface area contributed by atoms with Crippen molar-refractivity contribution < 1.29 is 4.79 Å². The van der Waals surface area contributed by atoms with Crippen molar-refractivity contribution in [1.82, 2.24) is 15.0 Å². The van der Waals surface area contributed by atoms with Gasteiger partial charge in [-0.05, 0) is 12.5 Å². The van der Waals surface area contributed by atoms with E-state index in [-0.39, 0.29) is 5.78 Å². The van der Waals surface area contributed by atoms with E-state index < -0.39 is 0 Å². The molecule has 0 spiro atoms. The van der Waals surface area contributed by atoms with Crippen LogP contribution in [0, 0.1) is 0 Å². The number of rotatable bonds is 3. The molecule has 0 aliphatic heterocycles. The van der Waals surface area contributed by atoms with E-state index >= 15 is 0 Å². The predicted octanol–water partition coefficient (Wildman–Crippen LogP) is 3.09. The number of carbonyl (C=O) groups excluding carboxylic acids is 1. The van der Waals surface area contributed by atoms with Crippen molar-refractivity contribution in [2.75, 3.05) is 0 Å². The van der Waals surface area contributed by atoms with E-state index in [1.165, 1.54) is 0 Å². The summed E-state index contributed by atoms with van der Waals surface area (Å²) >= 11 is 0. The maximum absolute atomic E-state index is 11.8. The monoisotopic (exact) mass is 239 g/mol. The highest BCUT2D eigenvalue weighted by Gasteiger charge is 2.12. The molecule has 0 saturated heterocycles. The summed E-state index contributed by atoms with van der Waals surface area (Å²) in [5, 5.41) is 0.998. The molecule has 3 aromatic rings. The first-order valence-corrected chi connectivity index (χ1v) is 6.06. The molecule has 0 amide bonds. The standard InChI is InChI=1S/C14H13N3O/c1-2-5-12(18)14-16-11-8-15-10-7-4-3-6-9(10)13(11)17-14/h3-4,6-8H,2,5H2,1H3,(H,16,17). The number of pyridine rings is 1. The first kappa shape index (κ1) is 10.9. The second-order valence-corrected chi connectivity index (χ2v) is 4.29. The molecule has 4 nitrogen and oxygen atoms in total. The van der Waals surface area contributed by atoms with E-state index in [1.807, 2.05) is 31.2 Å². The lowest BCUT2D eigenvalue weighted by molar-refractivity contribution is 0.0973. The average molecular weight is 239 g/mol. The van der Waals surface area contributed by atoms with Crippen molar-refractivity contribution in [3.05, 3.63) is 36.3 Å². The fraction of sp³-hybridized carbons (Fsp3) is 0.214. The van der Waals surface area contributed by atoms with Gasteiger partial charge in [-0.25, -0.2) is 4.98 Å². The van der Waals surface area contributed by atoms with Crippen LogP contribution in [0.2, 0.25) is 0 Å². The first-order valence-electron chi connectivity index (χ1n) is 6.06. The Hall–Kier alpha value is -2.23. The average Bonchev–Trinajstić information content (AvgIpc) is 2.83. The van der Waals surface area contributed by atoms with Gasteiger partial charge in [0.2, 0.25) is 0 Å². The molecule has 4 heteroatoms. The third-order valence-corrected chi connectivity index (χ3v) is 2.97. The van der Waals surface area contributed by atoms with Crippen LogP contribution < -0.4 is 0 Å². The van der Waals surface area contributed by atoms with E-state index in [9.17, 15) is 4.79 Å². The Kier molecular flexibility index (Phi) is 2.55. The fourth-order valence-corrected chi connectivity index (χ4v) is 2.09. The van der Waals surface area contributed by atoms with Gasteiger partial charge in [-0.15, -0.1) is 0 Å². The van der Waals surface area contributed by atoms with Gasteiger partial charge in [0.1, 0.15) is 5.52 Å². The third kappa shape index (κ3) is 1.66. The van der Waals surface area contributed by atoms with Crippen molar-refractivity contribution >= 4 is 27.7 Å². The lowest BCUT2D eigenvalue weighted by Crippen LogP contribution is -2.00. The molecule has 1 aromatic carbocycles. The largest absolute Gasteiger partial charge is 0.335 e. The van der Waals surface area contributed by atoms with Gasteiger partial charge in [-0.2, -0.15) is 0 Å². The zero-order valence-corrected chi connectivity index (χ0v) is 10.1. The van der Waals surface area contributed by atoms with Crippen molar-refractivity contribution in [3.8, 4) is 0 Å². The van der Waals surface area contributed by atoms with Crippen molar-refractivity contribution in [2.45, 2.75) is 19.8 Å². The van der Waals surface area contributed by atoms with Gasteiger partial charge < -0.3 is 4.98 Å². The van der Waals surface area contributed by atoms with Gasteiger partial charge in [-0.1, -0.05) is 25.1 Å². The van der Waals surface area contributed by atoms with Crippen LogP contribution in [-0.2, 0) is 0 Å². The molecule has 0 atom stereocenters. The maximum Gasteiger partial charge on any atom is 0.198 e. The molecule has 0 bridgehead atoms. The molecule has 0 aliphatic rings. The number of imidazole rings is 1. The SMILES string of the molecule is CCCC(=O)c1nc2cnc3ccccc3c2[nH]1. The van der Waals surface area contributed by atoms with E-state index in [0.29, 0.717) is 12.2 Å². The molecule has 1 N–H and O–H groups in total. The number of ketones is 1. The number of aromatic nitrogens is 3. The smallest absolute Gasteiger partial charge is 0.198 e. The number of H-pyrrole nitrogens is 1. The summed E-state index contributed by atoms with van der Waals surface area (Å²) < 4.78 is 0. The summed E-state index contributed by atoms with van der Waals surface area (Å²) in [6.07, 6.45) is 3.05. The summed E-state index contributed by atoms with van der Waals surface area (Å²) in [7, 11) is 0. The highest BCUT2D eigenvalue weighted by Crippen LogP contribution is 2.21. The molecule has 0 unspecified atom stereocenters. The predicted molar refractivity (Wildman–Crippen MR) is 70.6 cm³/mol. The van der Waals surface area contributed by atoms with Crippen LogP contribution in [0.15, 0.2) is 30.5 Å². The Morgan fingerprint density at radius 1 is 1.28 bits per heavy atom. The molecular weight excluding hydrogens is 226 g/mol. The Balaban J connectivity index is 2.22. The molecule has 2 aromatic heterocycles. The summed E-state index contributed by atoms with van der Waals surface area (Å²) in [5.74, 6) is 0.489. The molecule has 3 rings (SSSR count). The number of nitrogens with zero attached hydrogens (tertiary/aromatic N) is 2. The minimum atomic E-state index is 0.0535. The Morgan fingerprint density at radius 2 is 2.11 bits per heavy atom. The molecule has 0 aliphatic carbocycles. The van der Waals surface area contributed by atoms with E-state index in [4.69, 9.17) is 0 Å². The summed E-state index contributed by atoms with van der Waals surface area (Å²) in [4.78, 5) is 23.6. The lowest BCUT2D eigenvalue weighted by Gasteiger charge is -1.96. The molecule has 90 valence electrons. The van der Waals surface area contributed by atoms with Crippen molar-refractivity contribution in [2.24, 2.45) is 0 Å². The fourth-order valence-electron chi connectivity index (χ4n) is 2.09. The summed E-state index contributed by atoms with van der Waals surface area (Å²) in [6, 6.07) is 7.83. The van der Waals surface area contributed by atoms with Gasteiger partial charge in [0.05, 0.1) is 17.2 Å². The molecular formula is C14H13N3O. The second-order valence-electron chi connectivity index (χ2n) is 4.29. The van der Waals surface area contributed by atoms with Gasteiger partial charge >= 0.3 is 0 Å². The normalized spacial score (nSPS) is 11.2. The quantitative estimate of drug-likeness (QED) is 0.714. The number of aromatic amines is 1. The highest BCUT2D eigenvalue weighted by molar-refractivity contribution is 6.04. The van der Waals surface area contributed by atoms with Crippen LogP contribution in [0.4, 0.5) is 0 Å². The van der Waals surface area contributed by atoms with Gasteiger partial charge in [0.15, 0.2) is 11.6 Å². The van der Waals surface area contributed by atoms with Crippen LogP contribution in [0.25, 0.3) is 21.9 Å². The molecule has 0 radical (unpaired) electrons.